The van der Waals surface area contributed by atoms with Gasteiger partial charge in [-0.05, 0) is 44.4 Å². The predicted molar refractivity (Wildman–Crippen MR) is 114 cm³/mol. The van der Waals surface area contributed by atoms with Crippen LogP contribution in [-0.2, 0) is 4.79 Å². The molecule has 0 saturated heterocycles. The lowest BCUT2D eigenvalue weighted by atomic mass is 10.3. The Morgan fingerprint density at radius 1 is 1.21 bits per heavy atom. The summed E-state index contributed by atoms with van der Waals surface area (Å²) in [7, 11) is 3.83. The van der Waals surface area contributed by atoms with Gasteiger partial charge in [-0.1, -0.05) is 11.3 Å². The highest BCUT2D eigenvalue weighted by molar-refractivity contribution is 8.00. The number of halogens is 1. The van der Waals surface area contributed by atoms with Crippen LogP contribution in [0.15, 0.2) is 47.4 Å². The van der Waals surface area contributed by atoms with Crippen molar-refractivity contribution in [3.63, 3.8) is 0 Å². The van der Waals surface area contributed by atoms with Crippen LogP contribution in [0.3, 0.4) is 0 Å². The first-order valence-electron chi connectivity index (χ1n) is 8.72. The first-order chi connectivity index (χ1) is 13.8. The Labute approximate surface area is 175 Å². The Kier molecular flexibility index (Phi) is 6.78. The van der Waals surface area contributed by atoms with Crippen LogP contribution in [0.1, 0.15) is 0 Å². The van der Waals surface area contributed by atoms with Crippen LogP contribution >= 0.6 is 23.1 Å². The van der Waals surface area contributed by atoms with Crippen LogP contribution in [0.4, 0.5) is 15.2 Å². The molecule has 0 atom stereocenters. The summed E-state index contributed by atoms with van der Waals surface area (Å²) in [4.78, 5) is 32.3. The van der Waals surface area contributed by atoms with Crippen molar-refractivity contribution in [3.05, 3.63) is 58.4 Å². The van der Waals surface area contributed by atoms with Gasteiger partial charge in [-0.3, -0.25) is 19.8 Å². The molecule has 0 radical (unpaired) electrons. The number of anilines is 1. The number of nitro groups is 1. The van der Waals surface area contributed by atoms with Crippen molar-refractivity contribution < 1.29 is 14.1 Å². The number of nitrogens with zero attached hydrogens (tertiary/aromatic N) is 4. The molecule has 7 nitrogen and oxygen atoms in total. The molecular weight excluding hydrogens is 415 g/mol. The number of benzene rings is 2. The maximum atomic E-state index is 13.1. The molecule has 0 saturated carbocycles. The molecule has 0 fully saturated rings. The van der Waals surface area contributed by atoms with E-state index in [-0.39, 0.29) is 23.2 Å². The first kappa shape index (κ1) is 21.2. The molecule has 3 rings (SSSR count). The molecule has 0 aliphatic heterocycles. The van der Waals surface area contributed by atoms with Crippen molar-refractivity contribution in [3.8, 4) is 0 Å². The van der Waals surface area contributed by atoms with E-state index in [9.17, 15) is 19.3 Å². The van der Waals surface area contributed by atoms with Crippen molar-refractivity contribution in [1.29, 1.82) is 0 Å². The number of aromatic nitrogens is 1. The molecule has 0 N–H and O–H groups in total. The lowest BCUT2D eigenvalue weighted by molar-refractivity contribution is -0.384. The van der Waals surface area contributed by atoms with E-state index in [1.165, 1.54) is 47.4 Å². The third-order valence-electron chi connectivity index (χ3n) is 4.05. The number of hydrogen-bond donors (Lipinski definition) is 0. The van der Waals surface area contributed by atoms with Gasteiger partial charge >= 0.3 is 0 Å². The summed E-state index contributed by atoms with van der Waals surface area (Å²) < 4.78 is 13.7. The molecule has 0 spiro atoms. The van der Waals surface area contributed by atoms with Gasteiger partial charge in [0.1, 0.15) is 5.82 Å². The third-order valence-corrected chi connectivity index (χ3v) is 6.09. The number of likely N-dealkylation sites (N-methyl/N-ethyl adjacent to an activating group) is 1. The predicted octanol–water partition coefficient (Wildman–Crippen LogP) is 4.03. The van der Waals surface area contributed by atoms with Crippen molar-refractivity contribution in [2.75, 3.05) is 37.8 Å². The average molecular weight is 435 g/mol. The number of fused-ring (bicyclic) bond motifs is 1. The van der Waals surface area contributed by atoms with Gasteiger partial charge in [0.25, 0.3) is 5.69 Å². The molecule has 152 valence electrons. The van der Waals surface area contributed by atoms with Gasteiger partial charge in [0, 0.05) is 30.1 Å². The lowest BCUT2D eigenvalue weighted by Crippen LogP contribution is -2.37. The minimum atomic E-state index is -0.451. The summed E-state index contributed by atoms with van der Waals surface area (Å²) in [5.74, 6) is -0.277. The number of amides is 1. The molecule has 3 aromatic rings. The van der Waals surface area contributed by atoms with E-state index in [1.807, 2.05) is 19.0 Å². The molecule has 0 aliphatic carbocycles. The largest absolute Gasteiger partial charge is 0.308 e. The number of hydrogen-bond acceptors (Lipinski definition) is 7. The normalized spacial score (nSPS) is 11.2. The van der Waals surface area contributed by atoms with Crippen molar-refractivity contribution in [2.24, 2.45) is 0 Å². The van der Waals surface area contributed by atoms with Crippen molar-refractivity contribution in [2.45, 2.75) is 4.90 Å². The minimum Gasteiger partial charge on any atom is -0.308 e. The summed E-state index contributed by atoms with van der Waals surface area (Å²) in [5, 5.41) is 11.5. The van der Waals surface area contributed by atoms with E-state index in [1.54, 1.807) is 23.1 Å². The van der Waals surface area contributed by atoms with Crippen molar-refractivity contribution in [1.82, 2.24) is 9.88 Å². The van der Waals surface area contributed by atoms with Gasteiger partial charge in [-0.2, -0.15) is 0 Å². The molecule has 2 aromatic carbocycles. The third kappa shape index (κ3) is 5.49. The topological polar surface area (TPSA) is 79.6 Å². The quantitative estimate of drug-likeness (QED) is 0.303. The fourth-order valence-corrected chi connectivity index (χ4v) is 4.33. The number of rotatable bonds is 8. The number of carbonyl (C=O) groups is 1. The molecule has 1 amide bonds. The smallest absolute Gasteiger partial charge is 0.270 e. The lowest BCUT2D eigenvalue weighted by Gasteiger charge is -2.21. The molecule has 29 heavy (non-hydrogen) atoms. The van der Waals surface area contributed by atoms with Crippen LogP contribution in [0.2, 0.25) is 0 Å². The summed E-state index contributed by atoms with van der Waals surface area (Å²) in [6.45, 7) is 1.08. The van der Waals surface area contributed by atoms with E-state index in [0.717, 1.165) is 4.90 Å². The maximum absolute atomic E-state index is 13.1. The fourth-order valence-electron chi connectivity index (χ4n) is 2.51. The molecule has 0 aliphatic rings. The molecular formula is C19H19FN4O3S2. The van der Waals surface area contributed by atoms with Gasteiger partial charge in [-0.25, -0.2) is 9.37 Å². The number of thiazole rings is 1. The van der Waals surface area contributed by atoms with Gasteiger partial charge in [0.2, 0.25) is 5.91 Å². The fraction of sp³-hybridized carbons (Fsp3) is 0.263. The first-order valence-corrected chi connectivity index (χ1v) is 10.5. The summed E-state index contributed by atoms with van der Waals surface area (Å²) >= 11 is 2.58. The Morgan fingerprint density at radius 2 is 1.93 bits per heavy atom. The number of non-ortho nitro benzene ring substituents is 1. The highest BCUT2D eigenvalue weighted by atomic mass is 32.2. The van der Waals surface area contributed by atoms with E-state index < -0.39 is 4.92 Å². The SMILES string of the molecule is CN(C)CCN(C(=O)CSc1ccc(F)cc1)c1nc2ccc([N+](=O)[O-])cc2s1. The van der Waals surface area contributed by atoms with Crippen LogP contribution < -0.4 is 4.90 Å². The van der Waals surface area contributed by atoms with Crippen LogP contribution in [0, 0.1) is 15.9 Å². The van der Waals surface area contributed by atoms with Gasteiger partial charge in [-0.15, -0.1) is 11.8 Å². The molecule has 1 heterocycles. The summed E-state index contributed by atoms with van der Waals surface area (Å²) in [6, 6.07) is 10.5. The highest BCUT2D eigenvalue weighted by Gasteiger charge is 2.21. The Hall–Kier alpha value is -2.56. The second-order valence-electron chi connectivity index (χ2n) is 6.50. The number of carbonyl (C=O) groups excluding carboxylic acids is 1. The molecule has 0 unspecified atom stereocenters. The van der Waals surface area contributed by atoms with Crippen LogP contribution in [-0.4, -0.2) is 53.7 Å². The number of nitro benzene ring substituents is 1. The number of thioether (sulfide) groups is 1. The summed E-state index contributed by atoms with van der Waals surface area (Å²) in [5.41, 5.74) is 0.607. The van der Waals surface area contributed by atoms with Gasteiger partial charge < -0.3 is 4.90 Å². The van der Waals surface area contributed by atoms with E-state index in [0.29, 0.717) is 28.4 Å². The minimum absolute atomic E-state index is 0.00858. The standard InChI is InChI=1S/C19H19FN4O3S2/c1-22(2)9-10-23(18(25)12-28-15-6-3-13(20)4-7-15)19-21-16-8-5-14(24(26)27)11-17(16)29-19/h3-8,11H,9-10,12H2,1-2H3. The summed E-state index contributed by atoms with van der Waals surface area (Å²) in [6.07, 6.45) is 0. The monoisotopic (exact) mass is 434 g/mol. The van der Waals surface area contributed by atoms with E-state index >= 15 is 0 Å². The Bertz CT molecular complexity index is 1020. The van der Waals surface area contributed by atoms with Crippen LogP contribution in [0.25, 0.3) is 10.2 Å². The van der Waals surface area contributed by atoms with E-state index in [4.69, 9.17) is 0 Å². The zero-order valence-corrected chi connectivity index (χ0v) is 17.5. The Morgan fingerprint density at radius 3 is 2.59 bits per heavy atom. The molecule has 1 aromatic heterocycles. The van der Waals surface area contributed by atoms with E-state index in [2.05, 4.69) is 4.98 Å². The van der Waals surface area contributed by atoms with Gasteiger partial charge in [0.05, 0.1) is 20.9 Å². The van der Waals surface area contributed by atoms with Crippen molar-refractivity contribution >= 4 is 50.0 Å². The highest BCUT2D eigenvalue weighted by Crippen LogP contribution is 2.32. The second-order valence-corrected chi connectivity index (χ2v) is 8.55. The Balaban J connectivity index is 1.81. The van der Waals surface area contributed by atoms with Crippen LogP contribution in [0.5, 0.6) is 0 Å². The molecule has 0 bridgehead atoms. The molecule has 10 heteroatoms. The zero-order valence-electron chi connectivity index (χ0n) is 15.9. The average Bonchev–Trinajstić information content (AvgIpc) is 3.10. The second kappa shape index (κ2) is 9.29. The zero-order chi connectivity index (χ0) is 21.0. The van der Waals surface area contributed by atoms with Gasteiger partial charge in [0.15, 0.2) is 5.13 Å². The maximum Gasteiger partial charge on any atom is 0.270 e.